The molecule has 5 heteroatoms. The summed E-state index contributed by atoms with van der Waals surface area (Å²) in [6.45, 7) is 8.78. The molecule has 0 radical (unpaired) electrons. The second-order valence-corrected chi connectivity index (χ2v) is 5.10. The highest BCUT2D eigenvalue weighted by Gasteiger charge is 2.13. The SMILES string of the molecule is CCCCN(C)c1nc(C)cc(C(=O)NC(C)C)n1. The molecule has 0 aliphatic heterocycles. The maximum atomic E-state index is 12.0. The van der Waals surface area contributed by atoms with Crippen molar-refractivity contribution in [3.63, 3.8) is 0 Å². The third-order valence-electron chi connectivity index (χ3n) is 2.68. The van der Waals surface area contributed by atoms with Gasteiger partial charge in [0.1, 0.15) is 5.69 Å². The summed E-state index contributed by atoms with van der Waals surface area (Å²) in [5, 5.41) is 2.85. The van der Waals surface area contributed by atoms with E-state index in [2.05, 4.69) is 22.2 Å². The van der Waals surface area contributed by atoms with Crippen LogP contribution >= 0.6 is 0 Å². The van der Waals surface area contributed by atoms with E-state index < -0.39 is 0 Å². The van der Waals surface area contributed by atoms with Crippen LogP contribution in [0.4, 0.5) is 5.95 Å². The summed E-state index contributed by atoms with van der Waals surface area (Å²) in [5.41, 5.74) is 1.24. The van der Waals surface area contributed by atoms with Gasteiger partial charge in [-0.3, -0.25) is 4.79 Å². The Labute approximate surface area is 115 Å². The first-order chi connectivity index (χ1) is 8.93. The highest BCUT2D eigenvalue weighted by Crippen LogP contribution is 2.10. The highest BCUT2D eigenvalue weighted by molar-refractivity contribution is 5.92. The summed E-state index contributed by atoms with van der Waals surface area (Å²) in [6, 6.07) is 1.82. The Balaban J connectivity index is 2.90. The molecule has 0 bridgehead atoms. The zero-order chi connectivity index (χ0) is 14.4. The molecule has 19 heavy (non-hydrogen) atoms. The standard InChI is InChI=1S/C14H24N4O/c1-6-7-8-18(5)14-16-11(4)9-12(17-14)13(19)15-10(2)3/h9-10H,6-8H2,1-5H3,(H,15,19). The summed E-state index contributed by atoms with van der Waals surface area (Å²) >= 11 is 0. The number of anilines is 1. The zero-order valence-electron chi connectivity index (χ0n) is 12.5. The number of rotatable bonds is 6. The van der Waals surface area contributed by atoms with E-state index in [9.17, 15) is 4.79 Å². The van der Waals surface area contributed by atoms with Crippen molar-refractivity contribution in [2.45, 2.75) is 46.6 Å². The van der Waals surface area contributed by atoms with Crippen molar-refractivity contribution < 1.29 is 4.79 Å². The van der Waals surface area contributed by atoms with Gasteiger partial charge in [0.15, 0.2) is 0 Å². The van der Waals surface area contributed by atoms with Gasteiger partial charge in [-0.05, 0) is 33.3 Å². The van der Waals surface area contributed by atoms with Crippen molar-refractivity contribution in [3.8, 4) is 0 Å². The number of carbonyl (C=O) groups is 1. The van der Waals surface area contributed by atoms with Crippen LogP contribution in [-0.2, 0) is 0 Å². The largest absolute Gasteiger partial charge is 0.349 e. The molecule has 0 saturated heterocycles. The van der Waals surface area contributed by atoms with Crippen molar-refractivity contribution in [2.75, 3.05) is 18.5 Å². The number of carbonyl (C=O) groups excluding carboxylic acids is 1. The van der Waals surface area contributed by atoms with Crippen LogP contribution in [0.3, 0.4) is 0 Å². The number of hydrogen-bond donors (Lipinski definition) is 1. The third-order valence-corrected chi connectivity index (χ3v) is 2.68. The minimum Gasteiger partial charge on any atom is -0.349 e. The molecule has 0 aliphatic rings. The number of aromatic nitrogens is 2. The van der Waals surface area contributed by atoms with Gasteiger partial charge in [0, 0.05) is 25.3 Å². The average molecular weight is 264 g/mol. The van der Waals surface area contributed by atoms with Crippen molar-refractivity contribution in [1.29, 1.82) is 0 Å². The third kappa shape index (κ3) is 4.85. The lowest BCUT2D eigenvalue weighted by Crippen LogP contribution is -2.31. The van der Waals surface area contributed by atoms with Gasteiger partial charge in [-0.25, -0.2) is 9.97 Å². The zero-order valence-corrected chi connectivity index (χ0v) is 12.5. The summed E-state index contributed by atoms with van der Waals surface area (Å²) in [6.07, 6.45) is 2.21. The van der Waals surface area contributed by atoms with Crippen LogP contribution < -0.4 is 10.2 Å². The Kier molecular flexibility index (Phi) is 5.73. The van der Waals surface area contributed by atoms with E-state index in [1.54, 1.807) is 6.07 Å². The van der Waals surface area contributed by atoms with Crippen molar-refractivity contribution in [3.05, 3.63) is 17.5 Å². The molecule has 5 nitrogen and oxygen atoms in total. The summed E-state index contributed by atoms with van der Waals surface area (Å²) < 4.78 is 0. The van der Waals surface area contributed by atoms with Crippen LogP contribution in [0, 0.1) is 6.92 Å². The van der Waals surface area contributed by atoms with Crippen molar-refractivity contribution >= 4 is 11.9 Å². The predicted octanol–water partition coefficient (Wildman–Crippen LogP) is 2.16. The molecule has 0 fully saturated rings. The maximum absolute atomic E-state index is 12.0. The van der Waals surface area contributed by atoms with Crippen LogP contribution in [0.1, 0.15) is 49.8 Å². The minimum atomic E-state index is -0.148. The molecule has 0 saturated carbocycles. The second kappa shape index (κ2) is 7.07. The molecule has 1 aromatic heterocycles. The van der Waals surface area contributed by atoms with E-state index in [0.717, 1.165) is 25.1 Å². The second-order valence-electron chi connectivity index (χ2n) is 5.10. The smallest absolute Gasteiger partial charge is 0.270 e. The van der Waals surface area contributed by atoms with Crippen molar-refractivity contribution in [1.82, 2.24) is 15.3 Å². The van der Waals surface area contributed by atoms with Gasteiger partial charge < -0.3 is 10.2 Å². The average Bonchev–Trinajstić information content (AvgIpc) is 2.34. The molecular weight excluding hydrogens is 240 g/mol. The van der Waals surface area contributed by atoms with E-state index >= 15 is 0 Å². The van der Waals surface area contributed by atoms with Gasteiger partial charge in [0.2, 0.25) is 5.95 Å². The molecule has 1 aromatic rings. The molecule has 1 N–H and O–H groups in total. The summed E-state index contributed by atoms with van der Waals surface area (Å²) in [4.78, 5) is 22.7. The first-order valence-electron chi connectivity index (χ1n) is 6.81. The molecule has 106 valence electrons. The molecule has 0 spiro atoms. The molecule has 0 unspecified atom stereocenters. The number of hydrogen-bond acceptors (Lipinski definition) is 4. The van der Waals surface area contributed by atoms with Gasteiger partial charge in [0.05, 0.1) is 0 Å². The Morgan fingerprint density at radius 2 is 2.11 bits per heavy atom. The van der Waals surface area contributed by atoms with Crippen molar-refractivity contribution in [2.24, 2.45) is 0 Å². The first kappa shape index (κ1) is 15.4. The van der Waals surface area contributed by atoms with Crippen LogP contribution in [0.15, 0.2) is 6.07 Å². The summed E-state index contributed by atoms with van der Waals surface area (Å²) in [5.74, 6) is 0.466. The number of nitrogens with zero attached hydrogens (tertiary/aromatic N) is 3. The highest BCUT2D eigenvalue weighted by atomic mass is 16.1. The number of nitrogens with one attached hydrogen (secondary N) is 1. The Morgan fingerprint density at radius 1 is 1.42 bits per heavy atom. The first-order valence-corrected chi connectivity index (χ1v) is 6.81. The fraction of sp³-hybridized carbons (Fsp3) is 0.643. The fourth-order valence-electron chi connectivity index (χ4n) is 1.67. The van der Waals surface area contributed by atoms with E-state index in [1.807, 2.05) is 32.7 Å². The van der Waals surface area contributed by atoms with Gasteiger partial charge in [0.25, 0.3) is 5.91 Å². The predicted molar refractivity (Wildman–Crippen MR) is 77.5 cm³/mol. The molecular formula is C14H24N4O. The van der Waals surface area contributed by atoms with Crippen LogP contribution in [-0.4, -0.2) is 35.5 Å². The molecule has 0 atom stereocenters. The molecule has 1 amide bonds. The monoisotopic (exact) mass is 264 g/mol. The Hall–Kier alpha value is -1.65. The Bertz CT molecular complexity index is 431. The van der Waals surface area contributed by atoms with Gasteiger partial charge in [-0.2, -0.15) is 0 Å². The topological polar surface area (TPSA) is 58.1 Å². The lowest BCUT2D eigenvalue weighted by molar-refractivity contribution is 0.0938. The number of unbranched alkanes of at least 4 members (excludes halogenated alkanes) is 1. The van der Waals surface area contributed by atoms with Crippen LogP contribution in [0.5, 0.6) is 0 Å². The summed E-state index contributed by atoms with van der Waals surface area (Å²) in [7, 11) is 1.95. The maximum Gasteiger partial charge on any atom is 0.270 e. The van der Waals surface area contributed by atoms with Gasteiger partial charge in [-0.15, -0.1) is 0 Å². The van der Waals surface area contributed by atoms with Crippen LogP contribution in [0.25, 0.3) is 0 Å². The lowest BCUT2D eigenvalue weighted by Gasteiger charge is -2.18. The lowest BCUT2D eigenvalue weighted by atomic mass is 10.3. The molecule has 1 rings (SSSR count). The molecule has 0 aliphatic carbocycles. The minimum absolute atomic E-state index is 0.101. The van der Waals surface area contributed by atoms with Gasteiger partial charge in [-0.1, -0.05) is 13.3 Å². The van der Waals surface area contributed by atoms with E-state index in [1.165, 1.54) is 0 Å². The fourth-order valence-corrected chi connectivity index (χ4v) is 1.67. The number of amides is 1. The van der Waals surface area contributed by atoms with Gasteiger partial charge >= 0.3 is 0 Å². The normalized spacial score (nSPS) is 10.6. The van der Waals surface area contributed by atoms with E-state index in [0.29, 0.717) is 11.6 Å². The Morgan fingerprint density at radius 3 is 2.68 bits per heavy atom. The number of aryl methyl sites for hydroxylation is 1. The van der Waals surface area contributed by atoms with Crippen LogP contribution in [0.2, 0.25) is 0 Å². The quantitative estimate of drug-likeness (QED) is 0.855. The molecule has 1 heterocycles. The van der Waals surface area contributed by atoms with E-state index in [4.69, 9.17) is 0 Å². The molecule has 0 aromatic carbocycles. The van der Waals surface area contributed by atoms with E-state index in [-0.39, 0.29) is 11.9 Å².